The Labute approximate surface area is 109 Å². The molecule has 6 nitrogen and oxygen atoms in total. The van der Waals surface area contributed by atoms with Gasteiger partial charge in [0.2, 0.25) is 0 Å². The molecule has 98 valence electrons. The molecule has 0 radical (unpaired) electrons. The van der Waals surface area contributed by atoms with E-state index in [0.717, 1.165) is 0 Å². The third-order valence-corrected chi connectivity index (χ3v) is 2.64. The van der Waals surface area contributed by atoms with Crippen molar-refractivity contribution in [1.29, 1.82) is 0 Å². The molecule has 0 fully saturated rings. The van der Waals surface area contributed by atoms with Gasteiger partial charge in [0.1, 0.15) is 0 Å². The van der Waals surface area contributed by atoms with E-state index >= 15 is 0 Å². The topological polar surface area (TPSA) is 84.3 Å². The van der Waals surface area contributed by atoms with Gasteiger partial charge in [0.15, 0.2) is 0 Å². The molecule has 0 aliphatic carbocycles. The normalized spacial score (nSPS) is 11.9. The van der Waals surface area contributed by atoms with Crippen LogP contribution in [0.15, 0.2) is 18.2 Å². The van der Waals surface area contributed by atoms with Crippen molar-refractivity contribution in [3.8, 4) is 0 Å². The first-order valence-corrected chi connectivity index (χ1v) is 5.72. The summed E-state index contributed by atoms with van der Waals surface area (Å²) < 4.78 is 0. The minimum atomic E-state index is -0.584. The molecular formula is C11H14ClN3O3. The predicted molar refractivity (Wildman–Crippen MR) is 69.0 cm³/mol. The Morgan fingerprint density at radius 1 is 1.50 bits per heavy atom. The molecule has 1 atom stereocenters. The molecule has 2 N–H and O–H groups in total. The van der Waals surface area contributed by atoms with Crippen LogP contribution in [0.1, 0.15) is 17.3 Å². The first kappa shape index (κ1) is 14.4. The van der Waals surface area contributed by atoms with Crippen LogP contribution in [-0.2, 0) is 0 Å². The molecule has 1 aromatic rings. The van der Waals surface area contributed by atoms with Crippen LogP contribution in [-0.4, -0.2) is 30.5 Å². The van der Waals surface area contributed by atoms with Crippen molar-refractivity contribution in [2.75, 3.05) is 13.6 Å². The number of nitro groups is 1. The average molecular weight is 272 g/mol. The summed E-state index contributed by atoms with van der Waals surface area (Å²) in [4.78, 5) is 21.8. The molecule has 0 aromatic heterocycles. The zero-order valence-electron chi connectivity index (χ0n) is 10.1. The maximum Gasteiger partial charge on any atom is 0.271 e. The highest BCUT2D eigenvalue weighted by Gasteiger charge is 2.14. The summed E-state index contributed by atoms with van der Waals surface area (Å²) in [7, 11) is 1.78. The van der Waals surface area contributed by atoms with E-state index in [1.54, 1.807) is 7.05 Å². The smallest absolute Gasteiger partial charge is 0.271 e. The van der Waals surface area contributed by atoms with E-state index < -0.39 is 4.92 Å². The number of likely N-dealkylation sites (N-methyl/N-ethyl adjacent to an activating group) is 1. The number of benzene rings is 1. The Kier molecular flexibility index (Phi) is 5.06. The lowest BCUT2D eigenvalue weighted by molar-refractivity contribution is -0.384. The van der Waals surface area contributed by atoms with Gasteiger partial charge >= 0.3 is 0 Å². The van der Waals surface area contributed by atoms with Crippen LogP contribution in [0.3, 0.4) is 0 Å². The van der Waals surface area contributed by atoms with Crippen molar-refractivity contribution < 1.29 is 9.72 Å². The molecule has 7 heteroatoms. The summed E-state index contributed by atoms with van der Waals surface area (Å²) in [5, 5.41) is 16.4. The van der Waals surface area contributed by atoms with Crippen LogP contribution in [0.25, 0.3) is 0 Å². The van der Waals surface area contributed by atoms with Crippen molar-refractivity contribution >= 4 is 23.2 Å². The Morgan fingerprint density at radius 2 is 2.17 bits per heavy atom. The second-order valence-electron chi connectivity index (χ2n) is 3.85. The van der Waals surface area contributed by atoms with Gasteiger partial charge in [-0.05, 0) is 20.0 Å². The van der Waals surface area contributed by atoms with E-state index in [9.17, 15) is 14.9 Å². The summed E-state index contributed by atoms with van der Waals surface area (Å²) in [6.07, 6.45) is 0. The largest absolute Gasteiger partial charge is 0.350 e. The van der Waals surface area contributed by atoms with Gasteiger partial charge in [-0.25, -0.2) is 0 Å². The molecule has 0 aliphatic rings. The highest BCUT2D eigenvalue weighted by atomic mass is 35.5. The first-order valence-electron chi connectivity index (χ1n) is 5.34. The lowest BCUT2D eigenvalue weighted by Crippen LogP contribution is -2.37. The van der Waals surface area contributed by atoms with Crippen molar-refractivity contribution in [2.24, 2.45) is 0 Å². The zero-order chi connectivity index (χ0) is 13.7. The summed E-state index contributed by atoms with van der Waals surface area (Å²) >= 11 is 5.73. The lowest BCUT2D eigenvalue weighted by Gasteiger charge is -2.11. The predicted octanol–water partition coefficient (Wildman–Crippen LogP) is 1.59. The molecule has 18 heavy (non-hydrogen) atoms. The molecule has 0 saturated carbocycles. The number of non-ortho nitro benzene ring substituents is 1. The number of hydrogen-bond acceptors (Lipinski definition) is 4. The van der Waals surface area contributed by atoms with E-state index in [1.165, 1.54) is 18.2 Å². The van der Waals surface area contributed by atoms with Crippen LogP contribution < -0.4 is 10.6 Å². The van der Waals surface area contributed by atoms with Gasteiger partial charge < -0.3 is 10.6 Å². The highest BCUT2D eigenvalue weighted by Crippen LogP contribution is 2.20. The summed E-state index contributed by atoms with van der Waals surface area (Å²) in [6, 6.07) is 3.91. The molecule has 0 heterocycles. The molecule has 0 aliphatic heterocycles. The SMILES string of the molecule is CNC(C)CNC(=O)c1cc(Cl)cc([N+](=O)[O-])c1. The van der Waals surface area contributed by atoms with Crippen molar-refractivity contribution in [1.82, 2.24) is 10.6 Å². The summed E-state index contributed by atoms with van der Waals surface area (Å²) in [5.41, 5.74) is -0.0215. The van der Waals surface area contributed by atoms with E-state index in [0.29, 0.717) is 6.54 Å². The average Bonchev–Trinajstić information content (AvgIpc) is 2.34. The van der Waals surface area contributed by atoms with Crippen LogP contribution in [0, 0.1) is 10.1 Å². The van der Waals surface area contributed by atoms with E-state index in [-0.39, 0.29) is 28.2 Å². The van der Waals surface area contributed by atoms with Crippen molar-refractivity contribution in [2.45, 2.75) is 13.0 Å². The maximum absolute atomic E-state index is 11.8. The molecule has 1 aromatic carbocycles. The van der Waals surface area contributed by atoms with Crippen LogP contribution in [0.5, 0.6) is 0 Å². The van der Waals surface area contributed by atoms with Gasteiger partial charge in [-0.1, -0.05) is 11.6 Å². The Morgan fingerprint density at radius 3 is 2.72 bits per heavy atom. The van der Waals surface area contributed by atoms with Crippen LogP contribution in [0.2, 0.25) is 5.02 Å². The van der Waals surface area contributed by atoms with Crippen molar-refractivity contribution in [3.05, 3.63) is 38.9 Å². The molecule has 1 rings (SSSR count). The molecule has 1 unspecified atom stereocenters. The fourth-order valence-corrected chi connectivity index (χ4v) is 1.49. The van der Waals surface area contributed by atoms with Gasteiger partial charge in [0.05, 0.1) is 4.92 Å². The quantitative estimate of drug-likeness (QED) is 0.629. The third-order valence-electron chi connectivity index (χ3n) is 2.42. The van der Waals surface area contributed by atoms with Gasteiger partial charge in [-0.15, -0.1) is 0 Å². The fourth-order valence-electron chi connectivity index (χ4n) is 1.26. The van der Waals surface area contributed by atoms with E-state index in [1.807, 2.05) is 6.92 Å². The second kappa shape index (κ2) is 6.32. The highest BCUT2D eigenvalue weighted by molar-refractivity contribution is 6.31. The fraction of sp³-hybridized carbons (Fsp3) is 0.364. The Bertz CT molecular complexity index is 465. The van der Waals surface area contributed by atoms with Gasteiger partial charge in [-0.3, -0.25) is 14.9 Å². The first-order chi connectivity index (χ1) is 8.43. The maximum atomic E-state index is 11.8. The second-order valence-corrected chi connectivity index (χ2v) is 4.29. The minimum Gasteiger partial charge on any atom is -0.350 e. The lowest BCUT2D eigenvalue weighted by atomic mass is 10.2. The monoisotopic (exact) mass is 271 g/mol. The van der Waals surface area contributed by atoms with Gasteiger partial charge in [0.25, 0.3) is 11.6 Å². The van der Waals surface area contributed by atoms with Gasteiger partial charge in [0, 0.05) is 35.3 Å². The Balaban J connectivity index is 2.82. The van der Waals surface area contributed by atoms with Crippen LogP contribution >= 0.6 is 11.6 Å². The summed E-state index contributed by atoms with van der Waals surface area (Å²) in [5.74, 6) is -0.386. The molecule has 0 saturated heterocycles. The number of rotatable bonds is 5. The number of nitrogens with one attached hydrogen (secondary N) is 2. The number of nitro benzene ring substituents is 1. The van der Waals surface area contributed by atoms with Crippen molar-refractivity contribution in [3.63, 3.8) is 0 Å². The molecular weight excluding hydrogens is 258 g/mol. The Hall–Kier alpha value is -1.66. The standard InChI is InChI=1S/C11H14ClN3O3/c1-7(13-2)6-14-11(16)8-3-9(12)5-10(4-8)15(17)18/h3-5,7,13H,6H2,1-2H3,(H,14,16). The molecule has 0 bridgehead atoms. The van der Waals surface area contributed by atoms with E-state index in [2.05, 4.69) is 10.6 Å². The minimum absolute atomic E-state index is 0.114. The number of carbonyl (C=O) groups excluding carboxylic acids is 1. The van der Waals surface area contributed by atoms with E-state index in [4.69, 9.17) is 11.6 Å². The number of halogens is 1. The molecule has 0 spiro atoms. The third kappa shape index (κ3) is 3.97. The summed E-state index contributed by atoms with van der Waals surface area (Å²) in [6.45, 7) is 2.33. The zero-order valence-corrected chi connectivity index (χ0v) is 10.8. The number of nitrogens with zero attached hydrogens (tertiary/aromatic N) is 1. The van der Waals surface area contributed by atoms with Gasteiger partial charge in [-0.2, -0.15) is 0 Å². The number of hydrogen-bond donors (Lipinski definition) is 2. The number of amides is 1. The van der Waals surface area contributed by atoms with Crippen LogP contribution in [0.4, 0.5) is 5.69 Å². The number of carbonyl (C=O) groups is 1. The molecule has 1 amide bonds.